The van der Waals surface area contributed by atoms with E-state index < -0.39 is 28.5 Å². The van der Waals surface area contributed by atoms with Gasteiger partial charge in [-0.15, -0.1) is 0 Å². The Bertz CT molecular complexity index is 1380. The number of sulfonamides is 1. The van der Waals surface area contributed by atoms with Gasteiger partial charge in [-0.05, 0) is 74.0 Å². The Morgan fingerprint density at radius 1 is 0.974 bits per heavy atom. The molecular weight excluding hydrogens is 549 g/mol. The first-order chi connectivity index (χ1) is 18.1. The highest BCUT2D eigenvalue weighted by Gasteiger charge is 2.32. The van der Waals surface area contributed by atoms with Crippen molar-refractivity contribution in [2.75, 3.05) is 24.5 Å². The van der Waals surface area contributed by atoms with Gasteiger partial charge in [-0.25, -0.2) is 8.42 Å². The number of nitrogens with zero attached hydrogens (tertiary/aromatic N) is 2. The number of amides is 2. The molecule has 202 valence electrons. The third-order valence-electron chi connectivity index (χ3n) is 5.78. The smallest absolute Gasteiger partial charge is 0.264 e. The summed E-state index contributed by atoms with van der Waals surface area (Å²) in [5, 5.41) is 3.39. The maximum Gasteiger partial charge on any atom is 0.264 e. The SMILES string of the molecule is CCNC(=O)[C@H](C)N(Cc1cccc(OC)c1)C(=O)CN(c1cccc(Cl)c1)S(=O)(=O)c1ccc(Cl)cc1. The number of halogens is 2. The molecule has 0 aliphatic heterocycles. The summed E-state index contributed by atoms with van der Waals surface area (Å²) in [4.78, 5) is 27.9. The summed E-state index contributed by atoms with van der Waals surface area (Å²) >= 11 is 12.1. The van der Waals surface area contributed by atoms with E-state index in [1.807, 2.05) is 0 Å². The lowest BCUT2D eigenvalue weighted by atomic mass is 10.1. The molecule has 2 amide bonds. The highest BCUT2D eigenvalue weighted by atomic mass is 35.5. The second-order valence-corrected chi connectivity index (χ2v) is 11.1. The van der Waals surface area contributed by atoms with Crippen LogP contribution in [0.3, 0.4) is 0 Å². The standard InChI is InChI=1S/C27H29Cl2N3O5S/c1-4-30-27(34)19(2)31(17-20-7-5-10-24(15-20)37-3)26(33)18-32(23-9-6-8-22(29)16-23)38(35,36)25-13-11-21(28)12-14-25/h5-16,19H,4,17-18H2,1-3H3,(H,30,34)/t19-/m0/s1. The second kappa shape index (κ2) is 13.0. The highest BCUT2D eigenvalue weighted by Crippen LogP contribution is 2.27. The number of rotatable bonds is 11. The normalized spacial score (nSPS) is 11.9. The van der Waals surface area contributed by atoms with Crippen molar-refractivity contribution >= 4 is 50.7 Å². The van der Waals surface area contributed by atoms with Gasteiger partial charge in [0.1, 0.15) is 18.3 Å². The molecule has 0 aliphatic carbocycles. The van der Waals surface area contributed by atoms with Crippen LogP contribution in [0, 0.1) is 0 Å². The Morgan fingerprint density at radius 2 is 1.66 bits per heavy atom. The van der Waals surface area contributed by atoms with Gasteiger partial charge < -0.3 is 15.0 Å². The molecule has 0 aliphatic rings. The van der Waals surface area contributed by atoms with E-state index in [2.05, 4.69) is 5.32 Å². The first kappa shape index (κ1) is 29.3. The highest BCUT2D eigenvalue weighted by molar-refractivity contribution is 7.92. The van der Waals surface area contributed by atoms with Gasteiger partial charge in [0.15, 0.2) is 0 Å². The van der Waals surface area contributed by atoms with E-state index in [1.165, 1.54) is 42.3 Å². The van der Waals surface area contributed by atoms with Gasteiger partial charge in [0.25, 0.3) is 10.0 Å². The zero-order valence-electron chi connectivity index (χ0n) is 21.2. The van der Waals surface area contributed by atoms with Gasteiger partial charge in [0, 0.05) is 23.1 Å². The molecule has 0 saturated carbocycles. The summed E-state index contributed by atoms with van der Waals surface area (Å²) in [5.41, 5.74) is 0.913. The molecule has 0 bridgehead atoms. The Hall–Kier alpha value is -3.27. The molecule has 0 unspecified atom stereocenters. The monoisotopic (exact) mass is 577 g/mol. The van der Waals surface area contributed by atoms with Gasteiger partial charge in [0.2, 0.25) is 11.8 Å². The van der Waals surface area contributed by atoms with Crippen LogP contribution < -0.4 is 14.4 Å². The minimum absolute atomic E-state index is 0.0502. The predicted molar refractivity (Wildman–Crippen MR) is 149 cm³/mol. The van der Waals surface area contributed by atoms with Crippen LogP contribution in [0.2, 0.25) is 10.0 Å². The summed E-state index contributed by atoms with van der Waals surface area (Å²) in [6.45, 7) is 3.24. The molecule has 3 aromatic carbocycles. The van der Waals surface area contributed by atoms with Crippen molar-refractivity contribution in [3.8, 4) is 5.75 Å². The number of methoxy groups -OCH3 is 1. The Balaban J connectivity index is 2.03. The fraction of sp³-hybridized carbons (Fsp3) is 0.259. The first-order valence-corrected chi connectivity index (χ1v) is 14.0. The third kappa shape index (κ3) is 7.18. The lowest BCUT2D eigenvalue weighted by Gasteiger charge is -2.32. The molecular formula is C27H29Cl2N3O5S. The van der Waals surface area contributed by atoms with Gasteiger partial charge in [-0.1, -0.05) is 41.4 Å². The number of hydrogen-bond acceptors (Lipinski definition) is 5. The molecule has 0 aromatic heterocycles. The van der Waals surface area contributed by atoms with Crippen molar-refractivity contribution in [3.63, 3.8) is 0 Å². The minimum atomic E-state index is -4.21. The van der Waals surface area contributed by atoms with Crippen LogP contribution in [0.1, 0.15) is 19.4 Å². The summed E-state index contributed by atoms with van der Waals surface area (Å²) in [6, 6.07) is 18.1. The first-order valence-electron chi connectivity index (χ1n) is 11.8. The molecule has 0 heterocycles. The van der Waals surface area contributed by atoms with Crippen molar-refractivity contribution in [1.82, 2.24) is 10.2 Å². The van der Waals surface area contributed by atoms with E-state index >= 15 is 0 Å². The molecule has 0 fully saturated rings. The molecule has 1 N–H and O–H groups in total. The summed E-state index contributed by atoms with van der Waals surface area (Å²) in [6.07, 6.45) is 0. The largest absolute Gasteiger partial charge is 0.497 e. The third-order valence-corrected chi connectivity index (χ3v) is 8.06. The molecule has 0 radical (unpaired) electrons. The van der Waals surface area contributed by atoms with Gasteiger partial charge in [0.05, 0.1) is 17.7 Å². The maximum absolute atomic E-state index is 13.8. The zero-order valence-corrected chi connectivity index (χ0v) is 23.6. The van der Waals surface area contributed by atoms with E-state index in [1.54, 1.807) is 56.3 Å². The molecule has 11 heteroatoms. The van der Waals surface area contributed by atoms with E-state index in [-0.39, 0.29) is 23.0 Å². The summed E-state index contributed by atoms with van der Waals surface area (Å²) < 4.78 is 33.7. The van der Waals surface area contributed by atoms with Crippen LogP contribution in [0.5, 0.6) is 5.75 Å². The Kier molecular flexibility index (Phi) is 10.0. The lowest BCUT2D eigenvalue weighted by Crippen LogP contribution is -2.51. The van der Waals surface area contributed by atoms with Crippen LogP contribution >= 0.6 is 23.2 Å². The van der Waals surface area contributed by atoms with E-state index in [9.17, 15) is 18.0 Å². The molecule has 1 atom stereocenters. The average Bonchev–Trinajstić information content (AvgIpc) is 2.90. The van der Waals surface area contributed by atoms with Crippen molar-refractivity contribution in [3.05, 3.63) is 88.4 Å². The van der Waals surface area contributed by atoms with Gasteiger partial charge >= 0.3 is 0 Å². The van der Waals surface area contributed by atoms with Crippen molar-refractivity contribution < 1.29 is 22.7 Å². The minimum Gasteiger partial charge on any atom is -0.497 e. The van der Waals surface area contributed by atoms with E-state index in [0.29, 0.717) is 27.9 Å². The van der Waals surface area contributed by atoms with Crippen LogP contribution in [-0.2, 0) is 26.2 Å². The van der Waals surface area contributed by atoms with E-state index in [0.717, 1.165) is 4.31 Å². The maximum atomic E-state index is 13.8. The summed E-state index contributed by atoms with van der Waals surface area (Å²) in [7, 11) is -2.68. The molecule has 0 saturated heterocycles. The average molecular weight is 579 g/mol. The fourth-order valence-electron chi connectivity index (χ4n) is 3.77. The van der Waals surface area contributed by atoms with E-state index in [4.69, 9.17) is 27.9 Å². The zero-order chi connectivity index (χ0) is 27.9. The number of likely N-dealkylation sites (N-methyl/N-ethyl adjacent to an activating group) is 1. The number of benzene rings is 3. The molecule has 3 rings (SSSR count). The topological polar surface area (TPSA) is 96.0 Å². The molecule has 3 aromatic rings. The molecule has 8 nitrogen and oxygen atoms in total. The Morgan fingerprint density at radius 3 is 2.29 bits per heavy atom. The quantitative estimate of drug-likeness (QED) is 0.354. The van der Waals surface area contributed by atoms with Crippen LogP contribution in [0.15, 0.2) is 77.7 Å². The molecule has 0 spiro atoms. The van der Waals surface area contributed by atoms with Crippen molar-refractivity contribution in [1.29, 1.82) is 0 Å². The van der Waals surface area contributed by atoms with Gasteiger partial charge in [-0.3, -0.25) is 13.9 Å². The fourth-order valence-corrected chi connectivity index (χ4v) is 5.48. The van der Waals surface area contributed by atoms with Crippen LogP contribution in [-0.4, -0.2) is 51.4 Å². The number of carbonyl (C=O) groups is 2. The summed E-state index contributed by atoms with van der Waals surface area (Å²) in [5.74, 6) is -0.353. The molecule has 38 heavy (non-hydrogen) atoms. The number of carbonyl (C=O) groups excluding carboxylic acids is 2. The predicted octanol–water partition coefficient (Wildman–Crippen LogP) is 4.75. The van der Waals surface area contributed by atoms with Crippen LogP contribution in [0.25, 0.3) is 0 Å². The number of anilines is 1. The van der Waals surface area contributed by atoms with Crippen molar-refractivity contribution in [2.24, 2.45) is 0 Å². The number of hydrogen-bond donors (Lipinski definition) is 1. The number of ether oxygens (including phenoxy) is 1. The van der Waals surface area contributed by atoms with Gasteiger partial charge in [-0.2, -0.15) is 0 Å². The lowest BCUT2D eigenvalue weighted by molar-refractivity contribution is -0.139. The van der Waals surface area contributed by atoms with Crippen LogP contribution in [0.4, 0.5) is 5.69 Å². The Labute approximate surface area is 233 Å². The number of nitrogens with one attached hydrogen (secondary N) is 1. The second-order valence-electron chi connectivity index (χ2n) is 8.39. The van der Waals surface area contributed by atoms with Crippen molar-refractivity contribution in [2.45, 2.75) is 31.3 Å².